The fourth-order valence-corrected chi connectivity index (χ4v) is 2.81. The van der Waals surface area contributed by atoms with E-state index in [1.807, 2.05) is 0 Å². The van der Waals surface area contributed by atoms with Crippen LogP contribution in [0, 0.1) is 5.92 Å². The van der Waals surface area contributed by atoms with E-state index in [1.54, 1.807) is 0 Å². The Morgan fingerprint density at radius 1 is 1.50 bits per heavy atom. The molecule has 1 rings (SSSR count). The molecule has 0 radical (unpaired) electrons. The minimum Gasteiger partial charge on any atom is -0.329 e. The molecule has 3 unspecified atom stereocenters. The van der Waals surface area contributed by atoms with E-state index in [0.29, 0.717) is 18.0 Å². The lowest BCUT2D eigenvalue weighted by molar-refractivity contribution is 0.0776. The van der Waals surface area contributed by atoms with E-state index in [9.17, 15) is 0 Å². The number of nitrogens with zero attached hydrogens (tertiary/aromatic N) is 2. The second-order valence-electron chi connectivity index (χ2n) is 5.41. The molecule has 2 N–H and O–H groups in total. The summed E-state index contributed by atoms with van der Waals surface area (Å²) in [6, 6.07) is 1.24. The molecule has 3 nitrogen and oxygen atoms in total. The van der Waals surface area contributed by atoms with Crippen LogP contribution < -0.4 is 5.73 Å². The van der Waals surface area contributed by atoms with Gasteiger partial charge in [0.25, 0.3) is 0 Å². The van der Waals surface area contributed by atoms with E-state index in [1.165, 1.54) is 32.4 Å². The molecule has 1 aliphatic heterocycles. The smallest absolute Gasteiger partial charge is 0.0244 e. The van der Waals surface area contributed by atoms with Gasteiger partial charge >= 0.3 is 0 Å². The fraction of sp³-hybridized carbons (Fsp3) is 1.00. The largest absolute Gasteiger partial charge is 0.329 e. The van der Waals surface area contributed by atoms with Crippen molar-refractivity contribution in [3.05, 3.63) is 0 Å². The third-order valence-corrected chi connectivity index (χ3v) is 4.24. The Kier molecular flexibility index (Phi) is 5.73. The predicted molar refractivity (Wildman–Crippen MR) is 70.6 cm³/mol. The summed E-state index contributed by atoms with van der Waals surface area (Å²) < 4.78 is 0. The average Bonchev–Trinajstić information content (AvgIpc) is 2.29. The summed E-state index contributed by atoms with van der Waals surface area (Å²) >= 11 is 0. The van der Waals surface area contributed by atoms with Crippen molar-refractivity contribution in [1.82, 2.24) is 9.80 Å². The Morgan fingerprint density at radius 3 is 2.69 bits per heavy atom. The molecule has 0 spiro atoms. The van der Waals surface area contributed by atoms with E-state index >= 15 is 0 Å². The molecule has 0 amide bonds. The first-order valence-electron chi connectivity index (χ1n) is 6.70. The molecule has 3 atom stereocenters. The fourth-order valence-electron chi connectivity index (χ4n) is 2.81. The first-order valence-corrected chi connectivity index (χ1v) is 6.70. The SMILES string of the molecule is CCC(C)C(CN)N(C)C1CCCN(C)C1. The number of hydrogen-bond acceptors (Lipinski definition) is 3. The molecule has 1 saturated heterocycles. The van der Waals surface area contributed by atoms with Crippen molar-refractivity contribution in [3.8, 4) is 0 Å². The summed E-state index contributed by atoms with van der Waals surface area (Å²) in [6.45, 7) is 7.81. The van der Waals surface area contributed by atoms with Crippen LogP contribution in [0.5, 0.6) is 0 Å². The minimum absolute atomic E-state index is 0.543. The zero-order valence-corrected chi connectivity index (χ0v) is 11.4. The van der Waals surface area contributed by atoms with Crippen LogP contribution in [0.2, 0.25) is 0 Å². The maximum absolute atomic E-state index is 5.94. The first kappa shape index (κ1) is 13.9. The number of likely N-dealkylation sites (N-methyl/N-ethyl adjacent to an activating group) is 2. The van der Waals surface area contributed by atoms with Crippen molar-refractivity contribution in [1.29, 1.82) is 0 Å². The molecule has 1 fully saturated rings. The van der Waals surface area contributed by atoms with Gasteiger partial charge in [-0.1, -0.05) is 20.3 Å². The number of hydrogen-bond donors (Lipinski definition) is 1. The van der Waals surface area contributed by atoms with E-state index in [4.69, 9.17) is 5.73 Å². The summed E-state index contributed by atoms with van der Waals surface area (Å²) in [7, 11) is 4.48. The summed E-state index contributed by atoms with van der Waals surface area (Å²) in [5.74, 6) is 0.697. The van der Waals surface area contributed by atoms with Gasteiger partial charge in [-0.05, 0) is 39.4 Å². The van der Waals surface area contributed by atoms with Crippen LogP contribution >= 0.6 is 0 Å². The molecular formula is C13H29N3. The van der Waals surface area contributed by atoms with Crippen molar-refractivity contribution < 1.29 is 0 Å². The van der Waals surface area contributed by atoms with Gasteiger partial charge in [-0.3, -0.25) is 4.90 Å². The molecule has 0 aliphatic carbocycles. The van der Waals surface area contributed by atoms with Gasteiger partial charge in [0.15, 0.2) is 0 Å². The van der Waals surface area contributed by atoms with Gasteiger partial charge in [0.2, 0.25) is 0 Å². The maximum atomic E-state index is 5.94. The lowest BCUT2D eigenvalue weighted by Gasteiger charge is -2.41. The lowest BCUT2D eigenvalue weighted by Crippen LogP contribution is -2.53. The lowest BCUT2D eigenvalue weighted by atomic mass is 9.94. The van der Waals surface area contributed by atoms with Gasteiger partial charge in [0, 0.05) is 25.2 Å². The molecule has 16 heavy (non-hydrogen) atoms. The third kappa shape index (κ3) is 3.44. The minimum atomic E-state index is 0.543. The van der Waals surface area contributed by atoms with Gasteiger partial charge in [-0.15, -0.1) is 0 Å². The molecule has 0 aromatic rings. The van der Waals surface area contributed by atoms with E-state index in [-0.39, 0.29) is 0 Å². The van der Waals surface area contributed by atoms with Gasteiger partial charge in [0.05, 0.1) is 0 Å². The van der Waals surface area contributed by atoms with Crippen LogP contribution in [0.15, 0.2) is 0 Å². The van der Waals surface area contributed by atoms with Crippen LogP contribution in [-0.2, 0) is 0 Å². The highest BCUT2D eigenvalue weighted by atomic mass is 15.2. The van der Waals surface area contributed by atoms with E-state index in [0.717, 1.165) is 6.54 Å². The van der Waals surface area contributed by atoms with Crippen molar-refractivity contribution in [3.63, 3.8) is 0 Å². The van der Waals surface area contributed by atoms with E-state index in [2.05, 4.69) is 37.7 Å². The van der Waals surface area contributed by atoms with Gasteiger partial charge in [-0.25, -0.2) is 0 Å². The Balaban J connectivity index is 2.55. The maximum Gasteiger partial charge on any atom is 0.0244 e. The molecule has 3 heteroatoms. The Hall–Kier alpha value is -0.120. The normalized spacial score (nSPS) is 27.0. The van der Waals surface area contributed by atoms with Gasteiger partial charge in [-0.2, -0.15) is 0 Å². The monoisotopic (exact) mass is 227 g/mol. The van der Waals surface area contributed by atoms with Crippen molar-refractivity contribution in [2.45, 2.75) is 45.2 Å². The average molecular weight is 227 g/mol. The topological polar surface area (TPSA) is 32.5 Å². The van der Waals surface area contributed by atoms with Crippen LogP contribution in [0.4, 0.5) is 0 Å². The highest BCUT2D eigenvalue weighted by Crippen LogP contribution is 2.20. The van der Waals surface area contributed by atoms with Crippen LogP contribution in [0.1, 0.15) is 33.1 Å². The second-order valence-corrected chi connectivity index (χ2v) is 5.41. The first-order chi connectivity index (χ1) is 7.60. The molecule has 0 bridgehead atoms. The number of nitrogens with two attached hydrogens (primary N) is 1. The molecule has 96 valence electrons. The zero-order valence-electron chi connectivity index (χ0n) is 11.4. The number of piperidine rings is 1. The quantitative estimate of drug-likeness (QED) is 0.770. The molecule has 1 aliphatic rings. The van der Waals surface area contributed by atoms with Crippen LogP contribution in [0.25, 0.3) is 0 Å². The number of likely N-dealkylation sites (tertiary alicyclic amines) is 1. The second kappa shape index (κ2) is 6.58. The zero-order chi connectivity index (χ0) is 12.1. The van der Waals surface area contributed by atoms with Gasteiger partial charge < -0.3 is 10.6 Å². The highest BCUT2D eigenvalue weighted by molar-refractivity contribution is 4.84. The molecule has 1 heterocycles. The Morgan fingerprint density at radius 2 is 2.19 bits per heavy atom. The van der Waals surface area contributed by atoms with Crippen molar-refractivity contribution in [2.24, 2.45) is 11.7 Å². The van der Waals surface area contributed by atoms with Crippen molar-refractivity contribution in [2.75, 3.05) is 33.7 Å². The third-order valence-electron chi connectivity index (χ3n) is 4.24. The summed E-state index contributed by atoms with van der Waals surface area (Å²) in [4.78, 5) is 4.97. The molecule has 0 aromatic carbocycles. The number of rotatable bonds is 5. The van der Waals surface area contributed by atoms with Gasteiger partial charge in [0.1, 0.15) is 0 Å². The van der Waals surface area contributed by atoms with E-state index < -0.39 is 0 Å². The summed E-state index contributed by atoms with van der Waals surface area (Å²) in [5, 5.41) is 0. The van der Waals surface area contributed by atoms with Crippen LogP contribution in [0.3, 0.4) is 0 Å². The molecule has 0 aromatic heterocycles. The van der Waals surface area contributed by atoms with Crippen LogP contribution in [-0.4, -0.2) is 55.6 Å². The molecule has 0 saturated carbocycles. The molecular weight excluding hydrogens is 198 g/mol. The highest BCUT2D eigenvalue weighted by Gasteiger charge is 2.27. The summed E-state index contributed by atoms with van der Waals surface area (Å²) in [6.07, 6.45) is 3.87. The summed E-state index contributed by atoms with van der Waals surface area (Å²) in [5.41, 5.74) is 5.94. The predicted octanol–water partition coefficient (Wildman–Crippen LogP) is 1.39. The Labute approximate surface area is 101 Å². The standard InChI is InChI=1S/C13H29N3/c1-5-11(2)13(9-14)16(4)12-7-6-8-15(3)10-12/h11-13H,5-10,14H2,1-4H3. The van der Waals surface area contributed by atoms with Crippen molar-refractivity contribution >= 4 is 0 Å². The Bertz CT molecular complexity index is 196.